The first-order valence-corrected chi connectivity index (χ1v) is 6.54. The van der Waals surface area contributed by atoms with Crippen molar-refractivity contribution in [3.8, 4) is 0 Å². The Hall–Kier alpha value is -0.100. The summed E-state index contributed by atoms with van der Waals surface area (Å²) in [5, 5.41) is 2.87. The maximum Gasteiger partial charge on any atom is 0.220 e. The Balaban J connectivity index is 0.00000225. The molecule has 1 amide bonds. The highest BCUT2D eigenvalue weighted by Crippen LogP contribution is 2.21. The van der Waals surface area contributed by atoms with Gasteiger partial charge in [0.1, 0.15) is 0 Å². The van der Waals surface area contributed by atoms with Crippen LogP contribution in [0.3, 0.4) is 0 Å². The smallest absolute Gasteiger partial charge is 0.220 e. The van der Waals surface area contributed by atoms with Crippen molar-refractivity contribution < 1.29 is 4.79 Å². The van der Waals surface area contributed by atoms with E-state index >= 15 is 0 Å². The summed E-state index contributed by atoms with van der Waals surface area (Å²) < 4.78 is 1.13. The fraction of sp³-hybridized carbons (Fsp3) is 0.500. The van der Waals surface area contributed by atoms with E-state index in [0.29, 0.717) is 19.5 Å². The van der Waals surface area contributed by atoms with Crippen molar-refractivity contribution in [2.24, 2.45) is 5.73 Å². The van der Waals surface area contributed by atoms with Gasteiger partial charge in [-0.05, 0) is 47.4 Å². The average Bonchev–Trinajstić information content (AvgIpc) is 2.61. The van der Waals surface area contributed by atoms with Crippen molar-refractivity contribution in [3.05, 3.63) is 20.8 Å². The summed E-state index contributed by atoms with van der Waals surface area (Å²) in [5.41, 5.74) is 5.32. The highest BCUT2D eigenvalue weighted by Gasteiger charge is 2.01. The summed E-state index contributed by atoms with van der Waals surface area (Å²) in [6, 6.07) is 4.09. The fourth-order valence-electron chi connectivity index (χ4n) is 1.16. The van der Waals surface area contributed by atoms with Gasteiger partial charge in [-0.15, -0.1) is 23.7 Å². The number of rotatable bonds is 6. The molecule has 0 spiro atoms. The number of nitrogens with two attached hydrogens (primary N) is 1. The lowest BCUT2D eigenvalue weighted by atomic mass is 10.3. The van der Waals surface area contributed by atoms with Crippen LogP contribution < -0.4 is 11.1 Å². The summed E-state index contributed by atoms with van der Waals surface area (Å²) in [5.74, 6) is 0.0936. The number of hydrogen-bond donors (Lipinski definition) is 2. The van der Waals surface area contributed by atoms with E-state index in [-0.39, 0.29) is 18.3 Å². The molecule has 1 heterocycles. The van der Waals surface area contributed by atoms with Gasteiger partial charge in [0.15, 0.2) is 0 Å². The number of carbonyl (C=O) groups excluding carboxylic acids is 1. The quantitative estimate of drug-likeness (QED) is 0.842. The van der Waals surface area contributed by atoms with Gasteiger partial charge in [-0.2, -0.15) is 0 Å². The SMILES string of the molecule is Cl.NCCCC(=O)NCCc1ccc(Br)s1. The van der Waals surface area contributed by atoms with E-state index in [2.05, 4.69) is 27.3 Å². The van der Waals surface area contributed by atoms with Crippen LogP contribution in [0.2, 0.25) is 0 Å². The number of halogens is 2. The molecule has 1 rings (SSSR count). The minimum absolute atomic E-state index is 0. The van der Waals surface area contributed by atoms with Gasteiger partial charge in [0.2, 0.25) is 5.91 Å². The summed E-state index contributed by atoms with van der Waals surface area (Å²) in [7, 11) is 0. The molecule has 3 nitrogen and oxygen atoms in total. The molecule has 0 saturated heterocycles. The molecule has 0 aromatic carbocycles. The Morgan fingerprint density at radius 2 is 2.25 bits per heavy atom. The summed E-state index contributed by atoms with van der Waals surface area (Å²) in [6.45, 7) is 1.28. The Kier molecular flexibility index (Phi) is 8.93. The van der Waals surface area contributed by atoms with E-state index in [1.165, 1.54) is 4.88 Å². The molecular formula is C10H16BrClN2OS. The number of nitrogens with one attached hydrogen (secondary N) is 1. The maximum absolute atomic E-state index is 11.2. The monoisotopic (exact) mass is 326 g/mol. The molecule has 0 unspecified atom stereocenters. The first kappa shape index (κ1) is 15.9. The molecule has 0 fully saturated rings. The van der Waals surface area contributed by atoms with Crippen molar-refractivity contribution in [2.75, 3.05) is 13.1 Å². The van der Waals surface area contributed by atoms with Crippen molar-refractivity contribution in [1.29, 1.82) is 0 Å². The maximum atomic E-state index is 11.2. The van der Waals surface area contributed by atoms with Crippen LogP contribution in [0.1, 0.15) is 17.7 Å². The van der Waals surface area contributed by atoms with Gasteiger partial charge in [0.05, 0.1) is 3.79 Å². The lowest BCUT2D eigenvalue weighted by Crippen LogP contribution is -2.25. The van der Waals surface area contributed by atoms with Crippen molar-refractivity contribution in [3.63, 3.8) is 0 Å². The van der Waals surface area contributed by atoms with Crippen LogP contribution in [0.5, 0.6) is 0 Å². The van der Waals surface area contributed by atoms with E-state index < -0.39 is 0 Å². The molecule has 0 aliphatic carbocycles. The van der Waals surface area contributed by atoms with Crippen molar-refractivity contribution in [2.45, 2.75) is 19.3 Å². The average molecular weight is 328 g/mol. The second-order valence-electron chi connectivity index (χ2n) is 3.20. The Labute approximate surface area is 114 Å². The molecule has 0 radical (unpaired) electrons. The zero-order chi connectivity index (χ0) is 11.1. The lowest BCUT2D eigenvalue weighted by Gasteiger charge is -2.02. The van der Waals surface area contributed by atoms with E-state index in [1.54, 1.807) is 11.3 Å². The second-order valence-corrected chi connectivity index (χ2v) is 5.75. The topological polar surface area (TPSA) is 55.1 Å². The largest absolute Gasteiger partial charge is 0.356 e. The van der Waals surface area contributed by atoms with Crippen LogP contribution in [0, 0.1) is 0 Å². The summed E-state index contributed by atoms with van der Waals surface area (Å²) in [4.78, 5) is 12.5. The van der Waals surface area contributed by atoms with E-state index in [0.717, 1.165) is 16.6 Å². The third-order valence-electron chi connectivity index (χ3n) is 1.93. The van der Waals surface area contributed by atoms with Crippen LogP contribution in [-0.4, -0.2) is 19.0 Å². The molecule has 3 N–H and O–H groups in total. The first-order valence-electron chi connectivity index (χ1n) is 4.93. The van der Waals surface area contributed by atoms with Gasteiger partial charge in [-0.25, -0.2) is 0 Å². The molecule has 0 atom stereocenters. The lowest BCUT2D eigenvalue weighted by molar-refractivity contribution is -0.121. The predicted molar refractivity (Wildman–Crippen MR) is 74.3 cm³/mol. The van der Waals surface area contributed by atoms with Gasteiger partial charge in [0, 0.05) is 17.8 Å². The van der Waals surface area contributed by atoms with Gasteiger partial charge >= 0.3 is 0 Å². The van der Waals surface area contributed by atoms with Crippen LogP contribution in [0.15, 0.2) is 15.9 Å². The number of hydrogen-bond acceptors (Lipinski definition) is 3. The van der Waals surface area contributed by atoms with Crippen molar-refractivity contribution >= 4 is 45.6 Å². The molecule has 0 saturated carbocycles. The molecule has 1 aromatic heterocycles. The van der Waals surface area contributed by atoms with Crippen LogP contribution >= 0.6 is 39.7 Å². The van der Waals surface area contributed by atoms with Crippen LogP contribution in [0.4, 0.5) is 0 Å². The molecule has 92 valence electrons. The third kappa shape index (κ3) is 6.48. The van der Waals surface area contributed by atoms with Crippen molar-refractivity contribution in [1.82, 2.24) is 5.32 Å². The molecular weight excluding hydrogens is 312 g/mol. The van der Waals surface area contributed by atoms with Crippen LogP contribution in [-0.2, 0) is 11.2 Å². The zero-order valence-electron chi connectivity index (χ0n) is 8.87. The number of amides is 1. The fourth-order valence-corrected chi connectivity index (χ4v) is 2.64. The molecule has 0 bridgehead atoms. The Bertz CT molecular complexity index is 320. The standard InChI is InChI=1S/C10H15BrN2OS.ClH/c11-9-4-3-8(15-9)5-7-13-10(14)2-1-6-12;/h3-4H,1-2,5-7,12H2,(H,13,14);1H. The molecule has 1 aromatic rings. The predicted octanol–water partition coefficient (Wildman–Crippen LogP) is 2.33. The zero-order valence-corrected chi connectivity index (χ0v) is 12.1. The second kappa shape index (κ2) is 8.98. The van der Waals surface area contributed by atoms with E-state index in [9.17, 15) is 4.79 Å². The minimum Gasteiger partial charge on any atom is -0.356 e. The summed E-state index contributed by atoms with van der Waals surface area (Å²) in [6.07, 6.45) is 2.19. The van der Waals surface area contributed by atoms with Gasteiger partial charge in [-0.1, -0.05) is 0 Å². The van der Waals surface area contributed by atoms with E-state index in [4.69, 9.17) is 5.73 Å². The van der Waals surface area contributed by atoms with Crippen LogP contribution in [0.25, 0.3) is 0 Å². The molecule has 0 aliphatic heterocycles. The first-order chi connectivity index (χ1) is 7.22. The molecule has 0 aliphatic rings. The van der Waals surface area contributed by atoms with Gasteiger partial charge in [0.25, 0.3) is 0 Å². The third-order valence-corrected chi connectivity index (χ3v) is 3.61. The van der Waals surface area contributed by atoms with E-state index in [1.807, 2.05) is 6.07 Å². The van der Waals surface area contributed by atoms with Gasteiger partial charge in [-0.3, -0.25) is 4.79 Å². The molecule has 6 heteroatoms. The highest BCUT2D eigenvalue weighted by atomic mass is 79.9. The Morgan fingerprint density at radius 3 is 2.81 bits per heavy atom. The summed E-state index contributed by atoms with van der Waals surface area (Å²) >= 11 is 5.11. The normalized spacial score (nSPS) is 9.62. The highest BCUT2D eigenvalue weighted by molar-refractivity contribution is 9.11. The molecule has 16 heavy (non-hydrogen) atoms. The number of carbonyl (C=O) groups is 1. The number of thiophene rings is 1. The minimum atomic E-state index is 0. The Morgan fingerprint density at radius 1 is 1.50 bits per heavy atom. The van der Waals surface area contributed by atoms with Gasteiger partial charge < -0.3 is 11.1 Å².